The minimum absolute atomic E-state index is 0. The van der Waals surface area contributed by atoms with Gasteiger partial charge in [0.2, 0.25) is 5.91 Å². The first-order chi connectivity index (χ1) is 10.7. The Hall–Kier alpha value is -1.96. The molecule has 0 aliphatic carbocycles. The van der Waals surface area contributed by atoms with Gasteiger partial charge in [-0.25, -0.2) is 0 Å². The molecule has 0 fully saturated rings. The summed E-state index contributed by atoms with van der Waals surface area (Å²) in [6.07, 6.45) is 0. The second-order valence-corrected chi connectivity index (χ2v) is 4.76. The lowest BCUT2D eigenvalue weighted by molar-refractivity contribution is -0.121. The van der Waals surface area contributed by atoms with Crippen molar-refractivity contribution in [3.8, 4) is 0 Å². The van der Waals surface area contributed by atoms with E-state index in [9.17, 15) is 4.79 Å². The Morgan fingerprint density at radius 3 is 2.91 bits per heavy atom. The summed E-state index contributed by atoms with van der Waals surface area (Å²) in [6, 6.07) is 7.69. The Kier molecular flexibility index (Phi) is 8.25. The van der Waals surface area contributed by atoms with Crippen molar-refractivity contribution in [3.05, 3.63) is 41.5 Å². The normalized spacial score (nSPS) is 10.2. The van der Waals surface area contributed by atoms with Crippen molar-refractivity contribution in [2.45, 2.75) is 27.0 Å². The van der Waals surface area contributed by atoms with Gasteiger partial charge in [-0.2, -0.15) is 4.98 Å². The van der Waals surface area contributed by atoms with Gasteiger partial charge in [-0.05, 0) is 31.2 Å². The van der Waals surface area contributed by atoms with E-state index in [0.717, 1.165) is 24.3 Å². The van der Waals surface area contributed by atoms with Crippen LogP contribution in [-0.2, 0) is 22.7 Å². The summed E-state index contributed by atoms with van der Waals surface area (Å²) in [4.78, 5) is 15.8. The zero-order chi connectivity index (χ0) is 15.8. The van der Waals surface area contributed by atoms with Crippen LogP contribution in [0, 0.1) is 6.92 Å². The van der Waals surface area contributed by atoms with Crippen molar-refractivity contribution in [3.63, 3.8) is 0 Å². The molecule has 0 unspecified atom stereocenters. The first kappa shape index (κ1) is 19.1. The number of carbonyl (C=O) groups is 1. The van der Waals surface area contributed by atoms with Gasteiger partial charge in [-0.1, -0.05) is 24.2 Å². The molecule has 0 radical (unpaired) electrons. The highest BCUT2D eigenvalue weighted by Gasteiger charge is 2.06. The van der Waals surface area contributed by atoms with Crippen LogP contribution in [0.2, 0.25) is 0 Å². The molecule has 1 amide bonds. The maximum atomic E-state index is 11.8. The molecule has 0 spiro atoms. The van der Waals surface area contributed by atoms with Gasteiger partial charge in [-0.3, -0.25) is 4.79 Å². The number of aromatic nitrogens is 2. The second-order valence-electron chi connectivity index (χ2n) is 4.76. The maximum Gasteiger partial charge on any atom is 0.252 e. The van der Waals surface area contributed by atoms with Crippen LogP contribution < -0.4 is 10.6 Å². The molecule has 0 atom stereocenters. The van der Waals surface area contributed by atoms with E-state index in [2.05, 4.69) is 20.8 Å². The van der Waals surface area contributed by atoms with Crippen LogP contribution in [-0.4, -0.2) is 29.2 Å². The Morgan fingerprint density at radius 2 is 2.22 bits per heavy atom. The largest absolute Gasteiger partial charge is 0.362 e. The summed E-state index contributed by atoms with van der Waals surface area (Å²) in [5.74, 6) is 0.676. The number of ether oxygens (including phenoxy) is 1. The first-order valence-electron chi connectivity index (χ1n) is 7.14. The number of aryl methyl sites for hydroxylation is 1. The summed E-state index contributed by atoms with van der Waals surface area (Å²) in [5, 5.41) is 9.67. The van der Waals surface area contributed by atoms with E-state index < -0.39 is 0 Å². The number of nitrogens with zero attached hydrogens (tertiary/aromatic N) is 2. The van der Waals surface area contributed by atoms with Crippen LogP contribution in [0.25, 0.3) is 0 Å². The molecular weight excluding hydrogens is 320 g/mol. The van der Waals surface area contributed by atoms with Gasteiger partial charge in [0.25, 0.3) is 5.89 Å². The van der Waals surface area contributed by atoms with Gasteiger partial charge < -0.3 is 19.9 Å². The number of carbonyl (C=O) groups excluding carboxylic acids is 1. The Morgan fingerprint density at radius 1 is 1.39 bits per heavy atom. The molecular formula is C15H21ClN4O3. The molecule has 0 aliphatic heterocycles. The SMILES string of the molecule is CCNCc1cccc(NC(=O)COCc2nc(C)no2)c1.Cl. The van der Waals surface area contributed by atoms with Crippen LogP contribution in [0.5, 0.6) is 0 Å². The highest BCUT2D eigenvalue weighted by atomic mass is 35.5. The van der Waals surface area contributed by atoms with Gasteiger partial charge >= 0.3 is 0 Å². The Bertz CT molecular complexity index is 618. The minimum Gasteiger partial charge on any atom is -0.362 e. The summed E-state index contributed by atoms with van der Waals surface area (Å²) in [5.41, 5.74) is 1.86. The van der Waals surface area contributed by atoms with Gasteiger partial charge in [-0.15, -0.1) is 12.4 Å². The van der Waals surface area contributed by atoms with Crippen molar-refractivity contribution < 1.29 is 14.1 Å². The molecule has 2 aromatic rings. The van der Waals surface area contributed by atoms with Crippen molar-refractivity contribution in [2.75, 3.05) is 18.5 Å². The average molecular weight is 341 g/mol. The fourth-order valence-electron chi connectivity index (χ4n) is 1.86. The zero-order valence-electron chi connectivity index (χ0n) is 13.2. The number of hydrogen-bond acceptors (Lipinski definition) is 6. The second kappa shape index (κ2) is 9.94. The van der Waals surface area contributed by atoms with Crippen LogP contribution in [0.4, 0.5) is 5.69 Å². The van der Waals surface area contributed by atoms with Crippen LogP contribution in [0.1, 0.15) is 24.2 Å². The fourth-order valence-corrected chi connectivity index (χ4v) is 1.86. The van der Waals surface area contributed by atoms with E-state index in [1.807, 2.05) is 31.2 Å². The topological polar surface area (TPSA) is 89.3 Å². The van der Waals surface area contributed by atoms with E-state index in [1.165, 1.54) is 0 Å². The number of rotatable bonds is 8. The predicted octanol–water partition coefficient (Wildman–Crippen LogP) is 2.06. The van der Waals surface area contributed by atoms with Crippen molar-refractivity contribution in [2.24, 2.45) is 0 Å². The molecule has 2 N–H and O–H groups in total. The third-order valence-electron chi connectivity index (χ3n) is 2.82. The van der Waals surface area contributed by atoms with Crippen molar-refractivity contribution in [1.29, 1.82) is 0 Å². The molecule has 1 aromatic heterocycles. The van der Waals surface area contributed by atoms with Crippen LogP contribution in [0.3, 0.4) is 0 Å². The number of benzene rings is 1. The first-order valence-corrected chi connectivity index (χ1v) is 7.14. The number of halogens is 1. The lowest BCUT2D eigenvalue weighted by atomic mass is 10.2. The molecule has 126 valence electrons. The lowest BCUT2D eigenvalue weighted by Crippen LogP contribution is -2.18. The van der Waals surface area contributed by atoms with E-state index in [-0.39, 0.29) is 31.5 Å². The van der Waals surface area contributed by atoms with Gasteiger partial charge in [0.1, 0.15) is 13.2 Å². The summed E-state index contributed by atoms with van der Waals surface area (Å²) < 4.78 is 10.1. The number of nitrogens with one attached hydrogen (secondary N) is 2. The van der Waals surface area contributed by atoms with Gasteiger partial charge in [0.05, 0.1) is 0 Å². The number of anilines is 1. The molecule has 2 rings (SSSR count). The van der Waals surface area contributed by atoms with Gasteiger partial charge in [0, 0.05) is 12.2 Å². The fraction of sp³-hybridized carbons (Fsp3) is 0.400. The number of amides is 1. The van der Waals surface area contributed by atoms with E-state index in [0.29, 0.717) is 11.7 Å². The molecule has 7 nitrogen and oxygen atoms in total. The van der Waals surface area contributed by atoms with Crippen LogP contribution in [0.15, 0.2) is 28.8 Å². The highest BCUT2D eigenvalue weighted by molar-refractivity contribution is 5.91. The number of hydrogen-bond donors (Lipinski definition) is 2. The lowest BCUT2D eigenvalue weighted by Gasteiger charge is -2.08. The average Bonchev–Trinajstić information content (AvgIpc) is 2.91. The zero-order valence-corrected chi connectivity index (χ0v) is 14.0. The quantitative estimate of drug-likeness (QED) is 0.764. The standard InChI is InChI=1S/C15H20N4O3.ClH/c1-3-16-8-12-5-4-6-13(7-12)18-14(20)9-21-10-15-17-11(2)19-22-15;/h4-7,16H,3,8-10H2,1-2H3,(H,18,20);1H. The molecule has 8 heteroatoms. The van der Waals surface area contributed by atoms with E-state index >= 15 is 0 Å². The summed E-state index contributed by atoms with van der Waals surface area (Å²) >= 11 is 0. The van der Waals surface area contributed by atoms with Crippen molar-refractivity contribution >= 4 is 24.0 Å². The Balaban J connectivity index is 0.00000264. The minimum atomic E-state index is -0.225. The predicted molar refractivity (Wildman–Crippen MR) is 88.4 cm³/mol. The third kappa shape index (κ3) is 6.77. The molecule has 0 bridgehead atoms. The third-order valence-corrected chi connectivity index (χ3v) is 2.82. The molecule has 0 aliphatic rings. The Labute approximate surface area is 141 Å². The summed E-state index contributed by atoms with van der Waals surface area (Å²) in [6.45, 7) is 5.49. The smallest absolute Gasteiger partial charge is 0.252 e. The molecule has 23 heavy (non-hydrogen) atoms. The van der Waals surface area contributed by atoms with E-state index in [4.69, 9.17) is 9.26 Å². The molecule has 0 saturated carbocycles. The van der Waals surface area contributed by atoms with Crippen LogP contribution >= 0.6 is 12.4 Å². The van der Waals surface area contributed by atoms with E-state index in [1.54, 1.807) is 6.92 Å². The molecule has 1 aromatic carbocycles. The molecule has 0 saturated heterocycles. The van der Waals surface area contributed by atoms with Gasteiger partial charge in [0.15, 0.2) is 5.82 Å². The summed E-state index contributed by atoms with van der Waals surface area (Å²) in [7, 11) is 0. The monoisotopic (exact) mass is 340 g/mol. The highest BCUT2D eigenvalue weighted by Crippen LogP contribution is 2.10. The van der Waals surface area contributed by atoms with Crippen molar-refractivity contribution in [1.82, 2.24) is 15.5 Å². The maximum absolute atomic E-state index is 11.8. The molecule has 1 heterocycles.